The van der Waals surface area contributed by atoms with Crippen LogP contribution in [0.3, 0.4) is 0 Å². The van der Waals surface area contributed by atoms with Gasteiger partial charge in [0.2, 0.25) is 0 Å². The summed E-state index contributed by atoms with van der Waals surface area (Å²) >= 11 is 3.40. The molecule has 2 heterocycles. The molecule has 140 valence electrons. The van der Waals surface area contributed by atoms with E-state index < -0.39 is 17.2 Å². The van der Waals surface area contributed by atoms with Gasteiger partial charge in [-0.25, -0.2) is 9.59 Å². The smallest absolute Gasteiger partial charge is 0.410 e. The predicted octanol–water partition coefficient (Wildman–Crippen LogP) is 3.76. The van der Waals surface area contributed by atoms with Gasteiger partial charge >= 0.3 is 12.1 Å². The monoisotopic (exact) mass is 423 g/mol. The molecule has 0 bridgehead atoms. The van der Waals surface area contributed by atoms with Crippen molar-refractivity contribution in [3.05, 3.63) is 34.9 Å². The highest BCUT2D eigenvalue weighted by Crippen LogP contribution is 2.40. The molecule has 1 amide bonds. The lowest BCUT2D eigenvalue weighted by molar-refractivity contribution is -0.0567. The Morgan fingerprint density at radius 1 is 1.31 bits per heavy atom. The Morgan fingerprint density at radius 2 is 2.00 bits per heavy atom. The zero-order chi connectivity index (χ0) is 19.1. The molecule has 1 spiro atoms. The lowest BCUT2D eigenvalue weighted by atomic mass is 9.89. The van der Waals surface area contributed by atoms with Crippen molar-refractivity contribution in [1.82, 2.24) is 4.90 Å². The Hall–Kier alpha value is -2.02. The van der Waals surface area contributed by atoms with Crippen LogP contribution in [0.1, 0.15) is 42.3 Å². The third kappa shape index (κ3) is 3.45. The number of alkyl halides is 1. The number of ether oxygens (including phenoxy) is 3. The summed E-state index contributed by atoms with van der Waals surface area (Å²) in [4.78, 5) is 26.0. The number of nitrogens with zero attached hydrogens (tertiary/aromatic N) is 1. The number of halogens is 1. The van der Waals surface area contributed by atoms with E-state index in [1.807, 2.05) is 45.1 Å². The Labute approximate surface area is 161 Å². The average molecular weight is 424 g/mol. The largest absolute Gasteiger partial charge is 0.478 e. The number of rotatable bonds is 2. The lowest BCUT2D eigenvalue weighted by Crippen LogP contribution is -2.66. The number of hydrogen-bond donors (Lipinski definition) is 0. The van der Waals surface area contributed by atoms with E-state index in [0.29, 0.717) is 29.7 Å². The molecular weight excluding hydrogens is 402 g/mol. The summed E-state index contributed by atoms with van der Waals surface area (Å²) in [6.07, 6.45) is 3.49. The number of hydrogen-bond acceptors (Lipinski definition) is 5. The van der Waals surface area contributed by atoms with Crippen molar-refractivity contribution in [2.24, 2.45) is 0 Å². The van der Waals surface area contributed by atoms with Crippen LogP contribution in [-0.4, -0.2) is 48.4 Å². The van der Waals surface area contributed by atoms with E-state index in [4.69, 9.17) is 14.2 Å². The first-order valence-corrected chi connectivity index (χ1v) is 9.46. The number of carbonyl (C=O) groups excluding carboxylic acids is 2. The second-order valence-corrected chi connectivity index (χ2v) is 8.04. The van der Waals surface area contributed by atoms with Gasteiger partial charge in [0.15, 0.2) is 5.60 Å². The maximum atomic E-state index is 12.3. The third-order valence-electron chi connectivity index (χ3n) is 4.25. The molecule has 1 aromatic carbocycles. The highest BCUT2D eigenvalue weighted by Gasteiger charge is 2.49. The molecule has 1 aromatic rings. The van der Waals surface area contributed by atoms with Crippen molar-refractivity contribution in [3.8, 4) is 5.75 Å². The standard InChI is InChI=1S/C19H22BrNO5/c1-18(2,3)26-17(23)21-10-19(11-21)8-7-12-5-6-13(9-20)14(15(12)25-19)16(22)24-4/h5-8H,9-11H2,1-4H3. The third-order valence-corrected chi connectivity index (χ3v) is 4.85. The van der Waals surface area contributed by atoms with Gasteiger partial charge in [-0.1, -0.05) is 34.1 Å². The van der Waals surface area contributed by atoms with Crippen LogP contribution in [0, 0.1) is 0 Å². The molecule has 2 aliphatic rings. The second kappa shape index (κ2) is 6.61. The average Bonchev–Trinajstić information content (AvgIpc) is 2.55. The van der Waals surface area contributed by atoms with Gasteiger partial charge < -0.3 is 14.2 Å². The predicted molar refractivity (Wildman–Crippen MR) is 101 cm³/mol. The second-order valence-electron chi connectivity index (χ2n) is 7.48. The number of carbonyl (C=O) groups is 2. The Balaban J connectivity index is 1.83. The van der Waals surface area contributed by atoms with Crippen LogP contribution in [0.5, 0.6) is 5.75 Å². The molecule has 1 saturated heterocycles. The maximum absolute atomic E-state index is 12.3. The normalized spacial score (nSPS) is 17.2. The van der Waals surface area contributed by atoms with E-state index in [1.165, 1.54) is 7.11 Å². The maximum Gasteiger partial charge on any atom is 0.410 e. The Kier molecular flexibility index (Phi) is 4.77. The number of benzene rings is 1. The van der Waals surface area contributed by atoms with Crippen LogP contribution in [0.25, 0.3) is 6.08 Å². The quantitative estimate of drug-likeness (QED) is 0.535. The molecule has 0 N–H and O–H groups in total. The first-order chi connectivity index (χ1) is 12.2. The van der Waals surface area contributed by atoms with Gasteiger partial charge in [-0.3, -0.25) is 4.90 Å². The van der Waals surface area contributed by atoms with Crippen molar-refractivity contribution in [2.75, 3.05) is 20.2 Å². The summed E-state index contributed by atoms with van der Waals surface area (Å²) in [7, 11) is 1.35. The Morgan fingerprint density at radius 3 is 2.58 bits per heavy atom. The Bertz CT molecular complexity index is 775. The van der Waals surface area contributed by atoms with Crippen LogP contribution in [0.15, 0.2) is 18.2 Å². The number of fused-ring (bicyclic) bond motifs is 1. The van der Waals surface area contributed by atoms with E-state index in [1.54, 1.807) is 4.90 Å². The van der Waals surface area contributed by atoms with E-state index >= 15 is 0 Å². The van der Waals surface area contributed by atoms with Crippen LogP contribution in [0.2, 0.25) is 0 Å². The van der Waals surface area contributed by atoms with Crippen molar-refractivity contribution >= 4 is 34.1 Å². The fourth-order valence-corrected chi connectivity index (χ4v) is 3.49. The molecule has 0 radical (unpaired) electrons. The minimum Gasteiger partial charge on any atom is -0.478 e. The molecule has 6 nitrogen and oxygen atoms in total. The molecule has 3 rings (SSSR count). The molecule has 2 aliphatic heterocycles. The zero-order valence-corrected chi connectivity index (χ0v) is 16.9. The van der Waals surface area contributed by atoms with E-state index in [0.717, 1.165) is 11.1 Å². The fraction of sp³-hybridized carbons (Fsp3) is 0.474. The molecule has 0 saturated carbocycles. The van der Waals surface area contributed by atoms with Gasteiger partial charge in [0.25, 0.3) is 0 Å². The van der Waals surface area contributed by atoms with Gasteiger partial charge in [0.1, 0.15) is 16.9 Å². The van der Waals surface area contributed by atoms with Crippen molar-refractivity contribution < 1.29 is 23.8 Å². The van der Waals surface area contributed by atoms with Gasteiger partial charge in [-0.05, 0) is 32.4 Å². The topological polar surface area (TPSA) is 65.1 Å². The SMILES string of the molecule is COC(=O)c1c(CBr)ccc2c1OC1(C=C2)CN(C(=O)OC(C)(C)C)C1. The van der Waals surface area contributed by atoms with Crippen LogP contribution in [0.4, 0.5) is 4.79 Å². The van der Waals surface area contributed by atoms with Crippen LogP contribution >= 0.6 is 15.9 Å². The van der Waals surface area contributed by atoms with Gasteiger partial charge in [-0.15, -0.1) is 0 Å². The molecule has 26 heavy (non-hydrogen) atoms. The van der Waals surface area contributed by atoms with Crippen molar-refractivity contribution in [3.63, 3.8) is 0 Å². The summed E-state index contributed by atoms with van der Waals surface area (Å²) in [6.45, 7) is 6.24. The number of esters is 1. The van der Waals surface area contributed by atoms with E-state index in [2.05, 4.69) is 15.9 Å². The van der Waals surface area contributed by atoms with E-state index in [-0.39, 0.29) is 6.09 Å². The lowest BCUT2D eigenvalue weighted by Gasteiger charge is -2.49. The van der Waals surface area contributed by atoms with Gasteiger partial charge in [-0.2, -0.15) is 0 Å². The fourth-order valence-electron chi connectivity index (χ4n) is 3.02. The highest BCUT2D eigenvalue weighted by atomic mass is 79.9. The summed E-state index contributed by atoms with van der Waals surface area (Å²) in [5.41, 5.74) is 0.845. The van der Waals surface area contributed by atoms with Gasteiger partial charge in [0, 0.05) is 10.9 Å². The summed E-state index contributed by atoms with van der Waals surface area (Å²) in [5, 5.41) is 0.509. The minimum absolute atomic E-state index is 0.367. The molecule has 0 unspecified atom stereocenters. The van der Waals surface area contributed by atoms with Crippen molar-refractivity contribution in [2.45, 2.75) is 37.3 Å². The molecule has 0 aromatic heterocycles. The minimum atomic E-state index is -0.641. The number of likely N-dealkylation sites (tertiary alicyclic amines) is 1. The zero-order valence-electron chi connectivity index (χ0n) is 15.3. The number of amides is 1. The summed E-state index contributed by atoms with van der Waals surface area (Å²) in [5.74, 6) is 0.0604. The summed E-state index contributed by atoms with van der Waals surface area (Å²) in [6, 6.07) is 3.78. The first kappa shape index (κ1) is 18.8. The van der Waals surface area contributed by atoms with Crippen LogP contribution < -0.4 is 4.74 Å². The molecule has 0 atom stereocenters. The van der Waals surface area contributed by atoms with E-state index in [9.17, 15) is 9.59 Å². The van der Waals surface area contributed by atoms with Crippen molar-refractivity contribution in [1.29, 1.82) is 0 Å². The number of methoxy groups -OCH3 is 1. The molecule has 0 aliphatic carbocycles. The van der Waals surface area contributed by atoms with Gasteiger partial charge in [0.05, 0.1) is 20.2 Å². The molecular formula is C19H22BrNO5. The first-order valence-electron chi connectivity index (χ1n) is 8.34. The summed E-state index contributed by atoms with van der Waals surface area (Å²) < 4.78 is 16.5. The molecule has 7 heteroatoms. The van der Waals surface area contributed by atoms with Crippen LogP contribution in [-0.2, 0) is 14.8 Å². The molecule has 1 fully saturated rings. The highest BCUT2D eigenvalue weighted by molar-refractivity contribution is 9.08.